The number of hydrogen-bond donors (Lipinski definition) is 1. The monoisotopic (exact) mass is 177 g/mol. The van der Waals surface area contributed by atoms with Gasteiger partial charge in [-0.25, -0.2) is 4.39 Å². The molecule has 1 nitrogen and oxygen atoms in total. The summed E-state index contributed by atoms with van der Waals surface area (Å²) >= 11 is 3.03. The number of rotatable bonds is 0. The summed E-state index contributed by atoms with van der Waals surface area (Å²) in [6.45, 7) is 0.702. The first kappa shape index (κ1) is 5.82. The van der Waals surface area contributed by atoms with E-state index in [0.717, 1.165) is 0 Å². The average Bonchev–Trinajstić information content (AvgIpc) is 1.77. The summed E-state index contributed by atoms with van der Waals surface area (Å²) in [6.07, 6.45) is 3.07. The summed E-state index contributed by atoms with van der Waals surface area (Å²) in [4.78, 5) is 0. The van der Waals surface area contributed by atoms with Crippen LogP contribution in [0.5, 0.6) is 0 Å². The van der Waals surface area contributed by atoms with Gasteiger partial charge in [-0.15, -0.1) is 0 Å². The minimum Gasteiger partial charge on any atom is -0.385 e. The van der Waals surface area contributed by atoms with Gasteiger partial charge in [-0.1, -0.05) is 0 Å². The Morgan fingerprint density at radius 2 is 2.50 bits per heavy atom. The van der Waals surface area contributed by atoms with Gasteiger partial charge in [-0.05, 0) is 22.0 Å². The maximum atomic E-state index is 12.3. The molecule has 3 heteroatoms. The van der Waals surface area contributed by atoms with Gasteiger partial charge in [0.2, 0.25) is 0 Å². The molecular weight excluding hydrogens is 173 g/mol. The molecule has 0 unspecified atom stereocenters. The zero-order valence-corrected chi connectivity index (χ0v) is 5.70. The number of dihydropyridines is 1. The molecule has 0 radical (unpaired) electrons. The topological polar surface area (TPSA) is 12.0 Å². The van der Waals surface area contributed by atoms with Crippen molar-refractivity contribution in [3.63, 3.8) is 0 Å². The van der Waals surface area contributed by atoms with Gasteiger partial charge < -0.3 is 5.32 Å². The molecule has 0 amide bonds. The molecule has 8 heavy (non-hydrogen) atoms. The van der Waals surface area contributed by atoms with Gasteiger partial charge in [0, 0.05) is 12.7 Å². The first-order valence-electron chi connectivity index (χ1n) is 2.26. The van der Waals surface area contributed by atoms with Crippen molar-refractivity contribution in [2.45, 2.75) is 0 Å². The lowest BCUT2D eigenvalue weighted by Crippen LogP contribution is -2.09. The van der Waals surface area contributed by atoms with Gasteiger partial charge in [0.1, 0.15) is 0 Å². The molecule has 0 bridgehead atoms. The Kier molecular flexibility index (Phi) is 1.68. The van der Waals surface area contributed by atoms with E-state index in [4.69, 9.17) is 0 Å². The predicted molar refractivity (Wildman–Crippen MR) is 34.2 cm³/mol. The van der Waals surface area contributed by atoms with Crippen molar-refractivity contribution in [1.29, 1.82) is 0 Å². The maximum absolute atomic E-state index is 12.3. The Morgan fingerprint density at radius 3 is 2.88 bits per heavy atom. The SMILES string of the molecule is FC1=CNCC=C1Br. The van der Waals surface area contributed by atoms with Crippen LogP contribution in [0.2, 0.25) is 0 Å². The second-order valence-corrected chi connectivity index (χ2v) is 2.31. The molecule has 0 spiro atoms. The second-order valence-electron chi connectivity index (χ2n) is 1.45. The number of allylic oxidation sites excluding steroid dienone is 2. The van der Waals surface area contributed by atoms with Gasteiger partial charge in [-0.2, -0.15) is 0 Å². The van der Waals surface area contributed by atoms with E-state index in [1.54, 1.807) is 6.08 Å². The predicted octanol–water partition coefficient (Wildman–Crippen LogP) is 1.68. The quantitative estimate of drug-likeness (QED) is 0.594. The molecule has 1 aliphatic heterocycles. The lowest BCUT2D eigenvalue weighted by atomic mass is 10.4. The van der Waals surface area contributed by atoms with Crippen LogP contribution >= 0.6 is 15.9 Å². The molecule has 0 atom stereocenters. The average molecular weight is 178 g/mol. The Labute approximate surface area is 55.4 Å². The first-order valence-corrected chi connectivity index (χ1v) is 3.05. The molecule has 1 rings (SSSR count). The highest BCUT2D eigenvalue weighted by molar-refractivity contribution is 9.11. The highest BCUT2D eigenvalue weighted by atomic mass is 79.9. The minimum absolute atomic E-state index is 0.240. The minimum atomic E-state index is -0.240. The van der Waals surface area contributed by atoms with Crippen LogP contribution in [-0.2, 0) is 0 Å². The van der Waals surface area contributed by atoms with Crippen LogP contribution in [0.25, 0.3) is 0 Å². The molecule has 44 valence electrons. The van der Waals surface area contributed by atoms with Crippen molar-refractivity contribution in [3.05, 3.63) is 22.6 Å². The highest BCUT2D eigenvalue weighted by Gasteiger charge is 2.01. The van der Waals surface area contributed by atoms with Crippen molar-refractivity contribution >= 4 is 15.9 Å². The fourth-order valence-corrected chi connectivity index (χ4v) is 0.740. The lowest BCUT2D eigenvalue weighted by molar-refractivity contribution is 0.644. The van der Waals surface area contributed by atoms with E-state index < -0.39 is 0 Å². The van der Waals surface area contributed by atoms with Crippen LogP contribution < -0.4 is 5.32 Å². The van der Waals surface area contributed by atoms with Crippen molar-refractivity contribution in [2.75, 3.05) is 6.54 Å². The lowest BCUT2D eigenvalue weighted by Gasteiger charge is -2.03. The fraction of sp³-hybridized carbons (Fsp3) is 0.200. The molecule has 1 N–H and O–H groups in total. The van der Waals surface area contributed by atoms with Gasteiger partial charge >= 0.3 is 0 Å². The molecule has 0 aromatic heterocycles. The van der Waals surface area contributed by atoms with Crippen molar-refractivity contribution in [3.8, 4) is 0 Å². The normalized spacial score (nSPS) is 18.8. The number of halogens is 2. The summed E-state index contributed by atoms with van der Waals surface area (Å²) in [7, 11) is 0. The largest absolute Gasteiger partial charge is 0.385 e. The summed E-state index contributed by atoms with van der Waals surface area (Å²) in [6, 6.07) is 0. The second kappa shape index (κ2) is 2.31. The van der Waals surface area contributed by atoms with E-state index in [9.17, 15) is 4.39 Å². The van der Waals surface area contributed by atoms with Crippen LogP contribution in [-0.4, -0.2) is 6.54 Å². The van der Waals surface area contributed by atoms with E-state index in [1.807, 2.05) is 0 Å². The van der Waals surface area contributed by atoms with E-state index in [2.05, 4.69) is 21.2 Å². The van der Waals surface area contributed by atoms with E-state index in [0.29, 0.717) is 11.0 Å². The standard InChI is InChI=1S/C5H5BrFN/c6-4-1-2-8-3-5(4)7/h1,3,8H,2H2. The fourth-order valence-electron chi connectivity index (χ4n) is 0.464. The molecule has 0 fully saturated rings. The van der Waals surface area contributed by atoms with Gasteiger partial charge in [-0.3, -0.25) is 0 Å². The van der Waals surface area contributed by atoms with Crippen molar-refractivity contribution < 1.29 is 4.39 Å². The van der Waals surface area contributed by atoms with E-state index in [-0.39, 0.29) is 5.83 Å². The molecule has 0 aliphatic carbocycles. The van der Waals surface area contributed by atoms with Crippen molar-refractivity contribution in [1.82, 2.24) is 5.32 Å². The molecule has 0 aromatic rings. The van der Waals surface area contributed by atoms with Crippen LogP contribution in [0, 0.1) is 0 Å². The van der Waals surface area contributed by atoms with Crippen LogP contribution in [0.1, 0.15) is 0 Å². The third kappa shape index (κ3) is 1.10. The number of hydrogen-bond acceptors (Lipinski definition) is 1. The molecule has 0 saturated heterocycles. The van der Waals surface area contributed by atoms with E-state index >= 15 is 0 Å². The summed E-state index contributed by atoms with van der Waals surface area (Å²) in [5.74, 6) is -0.240. The smallest absolute Gasteiger partial charge is 0.152 e. The van der Waals surface area contributed by atoms with Crippen molar-refractivity contribution in [2.24, 2.45) is 0 Å². The highest BCUT2D eigenvalue weighted by Crippen LogP contribution is 2.18. The summed E-state index contributed by atoms with van der Waals surface area (Å²) < 4.78 is 12.8. The Balaban J connectivity index is 2.73. The number of nitrogens with one attached hydrogen (secondary N) is 1. The van der Waals surface area contributed by atoms with Crippen LogP contribution in [0.15, 0.2) is 22.6 Å². The third-order valence-electron chi connectivity index (χ3n) is 0.856. The van der Waals surface area contributed by atoms with Gasteiger partial charge in [0.15, 0.2) is 5.83 Å². The van der Waals surface area contributed by atoms with E-state index in [1.165, 1.54) is 6.20 Å². The maximum Gasteiger partial charge on any atom is 0.152 e. The molecule has 0 saturated carbocycles. The first-order chi connectivity index (χ1) is 3.80. The van der Waals surface area contributed by atoms with Gasteiger partial charge in [0.05, 0.1) is 4.48 Å². The van der Waals surface area contributed by atoms with Crippen LogP contribution in [0.4, 0.5) is 4.39 Å². The van der Waals surface area contributed by atoms with Gasteiger partial charge in [0.25, 0.3) is 0 Å². The Hall–Kier alpha value is -0.310. The summed E-state index contributed by atoms with van der Waals surface area (Å²) in [5.41, 5.74) is 0. The Morgan fingerprint density at radius 1 is 1.75 bits per heavy atom. The Bertz CT molecular complexity index is 133. The summed E-state index contributed by atoms with van der Waals surface area (Å²) in [5, 5.41) is 2.72. The zero-order chi connectivity index (χ0) is 5.98. The zero-order valence-electron chi connectivity index (χ0n) is 4.12. The molecule has 1 heterocycles. The molecule has 1 aliphatic rings. The molecule has 0 aromatic carbocycles. The van der Waals surface area contributed by atoms with Crippen LogP contribution in [0.3, 0.4) is 0 Å². The third-order valence-corrected chi connectivity index (χ3v) is 1.56. The molecular formula is C5H5BrFN.